The van der Waals surface area contributed by atoms with Gasteiger partial charge in [0.15, 0.2) is 11.9 Å². The predicted octanol–water partition coefficient (Wildman–Crippen LogP) is -1.26. The van der Waals surface area contributed by atoms with Crippen LogP contribution in [0.25, 0.3) is 11.2 Å². The van der Waals surface area contributed by atoms with Crippen molar-refractivity contribution in [2.75, 3.05) is 6.61 Å². The summed E-state index contributed by atoms with van der Waals surface area (Å²) in [6, 6.07) is 0. The van der Waals surface area contributed by atoms with Crippen LogP contribution in [0.4, 0.5) is 0 Å². The van der Waals surface area contributed by atoms with Gasteiger partial charge in [0.2, 0.25) is 0 Å². The molecular formula is C10H14N4O10P2S. The standard InChI is InChI=1S/C10H14N4O10P2S/c15-6-4(1-23-25(17,18)19)24-10(7(6)16)14-3-13-5-8(14)11-2-12-9(5)27-26(20,21)22/h2-4,6-7,10,15-16H,1H2,(H2,17,18,19)(H2,20,21,22)/t4-,6-,7-,10-/m1/s1. The first-order valence-electron chi connectivity index (χ1n) is 7.10. The molecule has 2 aromatic heterocycles. The summed E-state index contributed by atoms with van der Waals surface area (Å²) in [5.41, 5.74) is 0.0970. The first-order valence-corrected chi connectivity index (χ1v) is 11.7. The molecule has 0 radical (unpaired) electrons. The smallest absolute Gasteiger partial charge is 0.387 e. The van der Waals surface area contributed by atoms with Gasteiger partial charge in [-0.15, -0.1) is 0 Å². The molecule has 27 heavy (non-hydrogen) atoms. The number of phosphoric ester groups is 1. The highest BCUT2D eigenvalue weighted by Crippen LogP contribution is 2.54. The number of aliphatic hydroxyl groups is 2. The van der Waals surface area contributed by atoms with Crippen LogP contribution in [0.5, 0.6) is 0 Å². The van der Waals surface area contributed by atoms with Crippen molar-refractivity contribution in [2.24, 2.45) is 0 Å². The maximum absolute atomic E-state index is 11.2. The van der Waals surface area contributed by atoms with Gasteiger partial charge < -0.3 is 34.5 Å². The van der Waals surface area contributed by atoms with E-state index in [1.54, 1.807) is 0 Å². The van der Waals surface area contributed by atoms with Crippen LogP contribution < -0.4 is 0 Å². The highest BCUT2D eigenvalue weighted by molar-refractivity contribution is 8.54. The number of hydrogen-bond donors (Lipinski definition) is 6. The lowest BCUT2D eigenvalue weighted by molar-refractivity contribution is -0.0504. The van der Waals surface area contributed by atoms with Crippen LogP contribution in [-0.4, -0.2) is 74.2 Å². The molecule has 0 spiro atoms. The predicted molar refractivity (Wildman–Crippen MR) is 87.1 cm³/mol. The minimum Gasteiger partial charge on any atom is -0.387 e. The van der Waals surface area contributed by atoms with Crippen LogP contribution in [-0.2, 0) is 18.4 Å². The Kier molecular flexibility index (Phi) is 5.74. The van der Waals surface area contributed by atoms with E-state index in [-0.39, 0.29) is 27.6 Å². The molecule has 0 bridgehead atoms. The van der Waals surface area contributed by atoms with Gasteiger partial charge >= 0.3 is 14.6 Å². The Balaban J connectivity index is 1.88. The number of fused-ring (bicyclic) bond motifs is 1. The number of hydrogen-bond acceptors (Lipinski definition) is 10. The molecule has 1 saturated heterocycles. The largest absolute Gasteiger partial charge is 0.469 e. The molecule has 1 fully saturated rings. The summed E-state index contributed by atoms with van der Waals surface area (Å²) in [7, 11) is -4.80. The maximum atomic E-state index is 11.2. The average Bonchev–Trinajstić information content (AvgIpc) is 3.07. The SMILES string of the molecule is O=P(O)(O)OC[C@H]1O[C@@H](n2cnc3c(SP(=O)(O)O)ncnc32)[C@H](O)[C@@H]1O. The van der Waals surface area contributed by atoms with E-state index in [1.165, 1.54) is 4.57 Å². The fourth-order valence-corrected chi connectivity index (χ4v) is 4.43. The Labute approximate surface area is 154 Å². The van der Waals surface area contributed by atoms with Gasteiger partial charge in [-0.05, 0) is 0 Å². The summed E-state index contributed by atoms with van der Waals surface area (Å²) in [5.74, 6) is 0. The van der Waals surface area contributed by atoms with Gasteiger partial charge in [0.05, 0.1) is 12.9 Å². The van der Waals surface area contributed by atoms with Gasteiger partial charge in [-0.1, -0.05) is 0 Å². The third-order valence-electron chi connectivity index (χ3n) is 3.55. The summed E-state index contributed by atoms with van der Waals surface area (Å²) in [6.07, 6.45) is -3.33. The Bertz CT molecular complexity index is 930. The summed E-state index contributed by atoms with van der Waals surface area (Å²) >= 11 is 0.179. The minimum atomic E-state index is -4.80. The number of nitrogens with zero attached hydrogens (tertiary/aromatic N) is 4. The van der Waals surface area contributed by atoms with E-state index in [2.05, 4.69) is 19.5 Å². The molecule has 14 nitrogen and oxygen atoms in total. The van der Waals surface area contributed by atoms with Gasteiger partial charge in [0, 0.05) is 11.4 Å². The van der Waals surface area contributed by atoms with E-state index in [0.717, 1.165) is 12.7 Å². The van der Waals surface area contributed by atoms with Gasteiger partial charge in [-0.3, -0.25) is 9.09 Å². The van der Waals surface area contributed by atoms with Crippen LogP contribution in [0.1, 0.15) is 6.23 Å². The molecule has 0 amide bonds. The topological polar surface area (TPSA) is 218 Å². The summed E-state index contributed by atoms with van der Waals surface area (Å²) in [5, 5.41) is 20.1. The molecule has 2 aromatic rings. The van der Waals surface area contributed by atoms with E-state index in [4.69, 9.17) is 24.3 Å². The molecule has 0 aliphatic carbocycles. The molecule has 150 valence electrons. The first-order chi connectivity index (χ1) is 12.5. The van der Waals surface area contributed by atoms with E-state index in [1.807, 2.05) is 0 Å². The highest BCUT2D eigenvalue weighted by Gasteiger charge is 2.45. The Morgan fingerprint density at radius 1 is 1.15 bits per heavy atom. The molecule has 6 N–H and O–H groups in total. The lowest BCUT2D eigenvalue weighted by Gasteiger charge is -2.16. The second-order valence-corrected chi connectivity index (χ2v) is 10.2. The van der Waals surface area contributed by atoms with Crippen molar-refractivity contribution in [2.45, 2.75) is 29.6 Å². The quantitative estimate of drug-likeness (QED) is 0.226. The maximum Gasteiger partial charge on any atom is 0.469 e. The summed E-state index contributed by atoms with van der Waals surface area (Å²) in [4.78, 5) is 47.3. The number of imidazole rings is 1. The molecule has 3 heterocycles. The molecule has 3 rings (SSSR count). The van der Waals surface area contributed by atoms with Crippen molar-refractivity contribution in [3.8, 4) is 0 Å². The second-order valence-electron chi connectivity index (χ2n) is 5.42. The number of aliphatic hydroxyl groups excluding tert-OH is 2. The zero-order valence-electron chi connectivity index (χ0n) is 13.1. The molecule has 1 aliphatic rings. The molecule has 1 aliphatic heterocycles. The molecular weight excluding hydrogens is 430 g/mol. The van der Waals surface area contributed by atoms with Gasteiger partial charge in [-0.2, -0.15) is 0 Å². The lowest BCUT2D eigenvalue weighted by atomic mass is 10.1. The molecule has 0 unspecified atom stereocenters. The van der Waals surface area contributed by atoms with Crippen LogP contribution >= 0.6 is 26.0 Å². The van der Waals surface area contributed by atoms with Crippen molar-refractivity contribution in [1.29, 1.82) is 0 Å². The number of rotatable bonds is 6. The number of phosphoric acid groups is 1. The van der Waals surface area contributed by atoms with Crippen LogP contribution in [0.15, 0.2) is 17.7 Å². The zero-order valence-corrected chi connectivity index (χ0v) is 15.7. The third kappa shape index (κ3) is 4.72. The molecule has 0 saturated carbocycles. The fraction of sp³-hybridized carbons (Fsp3) is 0.500. The molecule has 0 aromatic carbocycles. The number of aromatic nitrogens is 4. The second kappa shape index (κ2) is 7.46. The molecule has 17 heteroatoms. The van der Waals surface area contributed by atoms with Crippen molar-refractivity contribution < 1.29 is 48.2 Å². The Hall–Kier alpha value is -0.960. The van der Waals surface area contributed by atoms with Crippen LogP contribution in [0.3, 0.4) is 0 Å². The van der Waals surface area contributed by atoms with Crippen molar-refractivity contribution >= 4 is 37.2 Å². The summed E-state index contributed by atoms with van der Waals surface area (Å²) < 4.78 is 32.9. The zero-order chi connectivity index (χ0) is 20.0. The fourth-order valence-electron chi connectivity index (χ4n) is 2.46. The normalized spacial score (nSPS) is 26.7. The van der Waals surface area contributed by atoms with Gasteiger partial charge in [0.1, 0.15) is 35.2 Å². The van der Waals surface area contributed by atoms with Crippen molar-refractivity contribution in [1.82, 2.24) is 19.5 Å². The first kappa shape index (κ1) is 20.8. The van der Waals surface area contributed by atoms with Crippen molar-refractivity contribution in [3.05, 3.63) is 12.7 Å². The van der Waals surface area contributed by atoms with Crippen molar-refractivity contribution in [3.63, 3.8) is 0 Å². The van der Waals surface area contributed by atoms with E-state index < -0.39 is 45.8 Å². The Morgan fingerprint density at radius 2 is 1.85 bits per heavy atom. The summed E-state index contributed by atoms with van der Waals surface area (Å²) in [6.45, 7) is -5.18. The third-order valence-corrected chi connectivity index (χ3v) is 5.98. The van der Waals surface area contributed by atoms with E-state index >= 15 is 0 Å². The van der Waals surface area contributed by atoms with Crippen LogP contribution in [0, 0.1) is 0 Å². The number of ether oxygens (including phenoxy) is 1. The van der Waals surface area contributed by atoms with Gasteiger partial charge in [0.25, 0.3) is 0 Å². The van der Waals surface area contributed by atoms with Crippen LogP contribution in [0.2, 0.25) is 0 Å². The van der Waals surface area contributed by atoms with E-state index in [0.29, 0.717) is 0 Å². The van der Waals surface area contributed by atoms with E-state index in [9.17, 15) is 19.3 Å². The lowest BCUT2D eigenvalue weighted by Crippen LogP contribution is -2.33. The molecule has 4 atom stereocenters. The average molecular weight is 444 g/mol. The highest BCUT2D eigenvalue weighted by atomic mass is 32.7. The Morgan fingerprint density at radius 3 is 2.48 bits per heavy atom. The van der Waals surface area contributed by atoms with Gasteiger partial charge in [-0.25, -0.2) is 24.1 Å². The monoisotopic (exact) mass is 444 g/mol. The minimum absolute atomic E-state index is 0.0334.